The average molecular weight is 243 g/mol. The molecule has 0 aromatic heterocycles. The summed E-state index contributed by atoms with van der Waals surface area (Å²) in [5.41, 5.74) is 0.0971. The van der Waals surface area contributed by atoms with E-state index in [1.165, 1.54) is 0 Å². The molecular formula is C12H25NO2Si. The van der Waals surface area contributed by atoms with Crippen molar-refractivity contribution in [2.24, 2.45) is 4.99 Å². The number of rotatable bonds is 9. The van der Waals surface area contributed by atoms with Gasteiger partial charge in [-0.2, -0.15) is 0 Å². The van der Waals surface area contributed by atoms with Crippen molar-refractivity contribution in [1.29, 1.82) is 0 Å². The van der Waals surface area contributed by atoms with Gasteiger partial charge in [-0.05, 0) is 25.4 Å². The fourth-order valence-corrected chi connectivity index (χ4v) is 5.85. The molecule has 1 unspecified atom stereocenters. The van der Waals surface area contributed by atoms with Gasteiger partial charge in [0.25, 0.3) is 0 Å². The van der Waals surface area contributed by atoms with Crippen LogP contribution in [0, 0.1) is 0 Å². The van der Waals surface area contributed by atoms with Crippen LogP contribution in [0.15, 0.2) is 4.99 Å². The van der Waals surface area contributed by atoms with E-state index in [2.05, 4.69) is 25.8 Å². The Balaban J connectivity index is 4.82. The van der Waals surface area contributed by atoms with E-state index in [-0.39, 0.29) is 5.67 Å². The highest BCUT2D eigenvalue weighted by Gasteiger charge is 2.39. The van der Waals surface area contributed by atoms with Gasteiger partial charge >= 0.3 is 0 Å². The molecule has 0 rings (SSSR count). The number of hydrogen-bond donors (Lipinski definition) is 0. The molecule has 94 valence electrons. The summed E-state index contributed by atoms with van der Waals surface area (Å²) in [6.45, 7) is 9.22. The zero-order valence-corrected chi connectivity index (χ0v) is 12.1. The highest BCUT2D eigenvalue weighted by atomic mass is 28.4. The van der Waals surface area contributed by atoms with Crippen molar-refractivity contribution in [3.8, 4) is 0 Å². The van der Waals surface area contributed by atoms with Gasteiger partial charge in [-0.25, -0.2) is 9.79 Å². The Morgan fingerprint density at radius 3 is 2.25 bits per heavy atom. The van der Waals surface area contributed by atoms with Gasteiger partial charge in [-0.3, -0.25) is 0 Å². The van der Waals surface area contributed by atoms with Crippen LogP contribution in [-0.2, 0) is 9.22 Å². The van der Waals surface area contributed by atoms with Crippen molar-refractivity contribution >= 4 is 14.4 Å². The smallest absolute Gasteiger partial charge is 0.235 e. The summed E-state index contributed by atoms with van der Waals surface area (Å²) in [6.07, 6.45) is 4.95. The first-order valence-corrected chi connectivity index (χ1v) is 8.81. The fraction of sp³-hybridized carbons (Fsp3) is 0.917. The lowest BCUT2D eigenvalue weighted by Gasteiger charge is -2.33. The molecule has 0 aliphatic rings. The van der Waals surface area contributed by atoms with Crippen molar-refractivity contribution in [2.75, 3.05) is 6.61 Å². The Hall–Kier alpha value is -0.443. The molecule has 0 saturated heterocycles. The molecule has 0 fully saturated rings. The summed E-state index contributed by atoms with van der Waals surface area (Å²) in [5.74, 6) is 0. The Morgan fingerprint density at radius 1 is 1.25 bits per heavy atom. The lowest BCUT2D eigenvalue weighted by molar-refractivity contribution is 0.308. The van der Waals surface area contributed by atoms with Gasteiger partial charge in [0.2, 0.25) is 14.4 Å². The molecule has 0 bridgehead atoms. The second-order valence-electron chi connectivity index (χ2n) is 4.08. The van der Waals surface area contributed by atoms with E-state index in [1.54, 1.807) is 6.08 Å². The van der Waals surface area contributed by atoms with Crippen LogP contribution in [-0.4, -0.2) is 26.7 Å². The molecule has 0 aromatic carbocycles. The third-order valence-electron chi connectivity index (χ3n) is 3.28. The van der Waals surface area contributed by atoms with Crippen LogP contribution in [0.4, 0.5) is 0 Å². The lowest BCUT2D eigenvalue weighted by atomic mass is 10.2. The maximum absolute atomic E-state index is 10.5. The number of isocyanates is 1. The van der Waals surface area contributed by atoms with Crippen LogP contribution in [0.1, 0.15) is 47.0 Å². The van der Waals surface area contributed by atoms with E-state index < -0.39 is 8.32 Å². The zero-order chi connectivity index (χ0) is 12.4. The monoisotopic (exact) mass is 243 g/mol. The second-order valence-corrected chi connectivity index (χ2v) is 8.58. The summed E-state index contributed by atoms with van der Waals surface area (Å²) >= 11 is 0. The highest BCUT2D eigenvalue weighted by Crippen LogP contribution is 2.26. The molecule has 3 nitrogen and oxygen atoms in total. The van der Waals surface area contributed by atoms with Crippen molar-refractivity contribution in [3.05, 3.63) is 0 Å². The van der Waals surface area contributed by atoms with E-state index in [0.717, 1.165) is 38.0 Å². The third-order valence-corrected chi connectivity index (χ3v) is 8.17. The van der Waals surface area contributed by atoms with Crippen LogP contribution in [0.2, 0.25) is 12.1 Å². The lowest BCUT2D eigenvalue weighted by Crippen LogP contribution is -2.48. The minimum Gasteiger partial charge on any atom is -0.415 e. The van der Waals surface area contributed by atoms with Crippen molar-refractivity contribution in [1.82, 2.24) is 0 Å². The normalized spacial score (nSPS) is 13.2. The second kappa shape index (κ2) is 8.68. The molecule has 1 atom stereocenters. The van der Waals surface area contributed by atoms with Crippen LogP contribution >= 0.6 is 0 Å². The fourth-order valence-electron chi connectivity index (χ4n) is 2.22. The van der Waals surface area contributed by atoms with Crippen LogP contribution in [0.3, 0.4) is 0 Å². The van der Waals surface area contributed by atoms with E-state index in [0.29, 0.717) is 0 Å². The number of unbranched alkanes of at least 4 members (excludes halogenated alkanes) is 1. The molecular weight excluding hydrogens is 218 g/mol. The quantitative estimate of drug-likeness (QED) is 0.353. The summed E-state index contributed by atoms with van der Waals surface area (Å²) in [4.78, 5) is 14.6. The molecule has 0 spiro atoms. The first-order chi connectivity index (χ1) is 7.70. The number of carbonyl (C=O) groups excluding carboxylic acids is 1. The van der Waals surface area contributed by atoms with Crippen molar-refractivity contribution in [2.45, 2.75) is 64.7 Å². The molecule has 0 N–H and O–H groups in total. The Labute approximate surface area is 100 Å². The standard InChI is InChI=1S/C12H25NO2Si/c1-5-9-10-12(13-11-14)16(7-3,8-4)15-6-2/h12H,5-10H2,1-4H3. The SMILES string of the molecule is CCCCC(N=C=O)[Si](CC)(CC)OCC. The minimum atomic E-state index is -1.86. The number of nitrogens with zero attached hydrogens (tertiary/aromatic N) is 1. The van der Waals surface area contributed by atoms with Crippen LogP contribution in [0.5, 0.6) is 0 Å². The van der Waals surface area contributed by atoms with Gasteiger partial charge < -0.3 is 4.43 Å². The van der Waals surface area contributed by atoms with Gasteiger partial charge in [0.15, 0.2) is 0 Å². The zero-order valence-electron chi connectivity index (χ0n) is 11.1. The minimum absolute atomic E-state index is 0.0971. The van der Waals surface area contributed by atoms with Crippen molar-refractivity contribution < 1.29 is 9.22 Å². The molecule has 0 amide bonds. The Morgan fingerprint density at radius 2 is 1.88 bits per heavy atom. The molecule has 0 aliphatic heterocycles. The molecule has 4 heteroatoms. The summed E-state index contributed by atoms with van der Waals surface area (Å²) < 4.78 is 6.01. The summed E-state index contributed by atoms with van der Waals surface area (Å²) in [6, 6.07) is 2.05. The number of hydrogen-bond acceptors (Lipinski definition) is 3. The molecule has 0 aromatic rings. The summed E-state index contributed by atoms with van der Waals surface area (Å²) in [5, 5.41) is 0. The maximum Gasteiger partial charge on any atom is 0.235 e. The van der Waals surface area contributed by atoms with Gasteiger partial charge in [0, 0.05) is 6.61 Å². The summed E-state index contributed by atoms with van der Waals surface area (Å²) in [7, 11) is -1.86. The largest absolute Gasteiger partial charge is 0.415 e. The molecule has 0 heterocycles. The van der Waals surface area contributed by atoms with Crippen LogP contribution in [0.25, 0.3) is 0 Å². The molecule has 0 aliphatic carbocycles. The average Bonchev–Trinajstić information content (AvgIpc) is 2.32. The maximum atomic E-state index is 10.5. The van der Waals surface area contributed by atoms with Gasteiger partial charge in [0.1, 0.15) is 0 Å². The third kappa shape index (κ3) is 4.20. The van der Waals surface area contributed by atoms with Gasteiger partial charge in [-0.1, -0.05) is 33.6 Å². The topological polar surface area (TPSA) is 38.7 Å². The first kappa shape index (κ1) is 15.6. The van der Waals surface area contributed by atoms with E-state index in [9.17, 15) is 4.79 Å². The molecule has 0 saturated carbocycles. The van der Waals surface area contributed by atoms with Gasteiger partial charge in [0.05, 0.1) is 5.67 Å². The Bertz CT molecular complexity index is 223. The highest BCUT2D eigenvalue weighted by molar-refractivity contribution is 6.75. The van der Waals surface area contributed by atoms with E-state index in [4.69, 9.17) is 4.43 Å². The predicted molar refractivity (Wildman–Crippen MR) is 69.8 cm³/mol. The molecule has 16 heavy (non-hydrogen) atoms. The predicted octanol–water partition coefficient (Wildman–Crippen LogP) is 3.44. The van der Waals surface area contributed by atoms with Gasteiger partial charge in [-0.15, -0.1) is 0 Å². The van der Waals surface area contributed by atoms with Crippen LogP contribution < -0.4 is 0 Å². The molecule has 0 radical (unpaired) electrons. The van der Waals surface area contributed by atoms with E-state index in [1.807, 2.05) is 6.92 Å². The number of aliphatic imine (C=N–C) groups is 1. The van der Waals surface area contributed by atoms with E-state index >= 15 is 0 Å². The first-order valence-electron chi connectivity index (χ1n) is 6.41. The van der Waals surface area contributed by atoms with Crippen molar-refractivity contribution in [3.63, 3.8) is 0 Å². The Kier molecular flexibility index (Phi) is 8.44.